The van der Waals surface area contributed by atoms with Crippen molar-refractivity contribution < 1.29 is 14.3 Å². The van der Waals surface area contributed by atoms with Crippen molar-refractivity contribution in [2.75, 3.05) is 14.1 Å². The molecule has 2 rings (SSSR count). The van der Waals surface area contributed by atoms with Gasteiger partial charge in [-0.1, -0.05) is 13.8 Å². The first-order valence-electron chi connectivity index (χ1n) is 5.64. The van der Waals surface area contributed by atoms with Crippen LogP contribution in [0.15, 0.2) is 0 Å². The van der Waals surface area contributed by atoms with Crippen LogP contribution in [0.4, 0.5) is 0 Å². The Kier molecular flexibility index (Phi) is 1.99. The summed E-state index contributed by atoms with van der Waals surface area (Å²) >= 11 is 0. The Morgan fingerprint density at radius 1 is 1.25 bits per heavy atom. The van der Waals surface area contributed by atoms with E-state index in [0.717, 1.165) is 6.42 Å². The summed E-state index contributed by atoms with van der Waals surface area (Å²) in [6, 6.07) is 0. The molecule has 0 aromatic rings. The zero-order chi connectivity index (χ0) is 12.4. The van der Waals surface area contributed by atoms with Crippen molar-refractivity contribution in [2.45, 2.75) is 39.2 Å². The van der Waals surface area contributed by atoms with Crippen molar-refractivity contribution in [3.8, 4) is 0 Å². The van der Waals surface area contributed by atoms with Crippen molar-refractivity contribution >= 4 is 11.9 Å². The monoisotopic (exact) mass is 225 g/mol. The second kappa shape index (κ2) is 2.79. The molecule has 0 unspecified atom stereocenters. The molecular weight excluding hydrogens is 206 g/mol. The number of amides is 1. The number of hydrogen-bond donors (Lipinski definition) is 0. The number of ether oxygens (including phenoxy) is 1. The van der Waals surface area contributed by atoms with Crippen LogP contribution in [0.5, 0.6) is 0 Å². The molecule has 1 heterocycles. The van der Waals surface area contributed by atoms with E-state index >= 15 is 0 Å². The summed E-state index contributed by atoms with van der Waals surface area (Å²) in [6.07, 6.45) is 1.37. The number of hydrogen-bond acceptors (Lipinski definition) is 3. The van der Waals surface area contributed by atoms with Gasteiger partial charge in [-0.3, -0.25) is 9.59 Å². The smallest absolute Gasteiger partial charge is 0.313 e. The molecule has 0 radical (unpaired) electrons. The number of carbonyl (C=O) groups excluding carboxylic acids is 2. The summed E-state index contributed by atoms with van der Waals surface area (Å²) in [6.45, 7) is 5.84. The number of carbonyl (C=O) groups is 2. The average Bonchev–Trinajstić information content (AvgIpc) is 2.46. The topological polar surface area (TPSA) is 46.6 Å². The molecule has 0 N–H and O–H groups in total. The Morgan fingerprint density at radius 3 is 2.12 bits per heavy atom. The summed E-state index contributed by atoms with van der Waals surface area (Å²) in [5, 5.41) is 0. The van der Waals surface area contributed by atoms with Crippen LogP contribution in [-0.2, 0) is 14.3 Å². The highest BCUT2D eigenvalue weighted by Crippen LogP contribution is 2.65. The van der Waals surface area contributed by atoms with Gasteiger partial charge in [0.1, 0.15) is 0 Å². The Morgan fingerprint density at radius 2 is 1.81 bits per heavy atom. The molecule has 0 aromatic carbocycles. The molecule has 0 spiro atoms. The number of nitrogens with zero attached hydrogens (tertiary/aromatic N) is 1. The minimum absolute atomic E-state index is 0.0907. The van der Waals surface area contributed by atoms with Gasteiger partial charge in [0, 0.05) is 19.5 Å². The number of rotatable bonds is 1. The van der Waals surface area contributed by atoms with Crippen LogP contribution in [-0.4, -0.2) is 36.5 Å². The van der Waals surface area contributed by atoms with E-state index < -0.39 is 16.4 Å². The van der Waals surface area contributed by atoms with E-state index in [0.29, 0.717) is 6.42 Å². The van der Waals surface area contributed by atoms with Crippen molar-refractivity contribution in [2.24, 2.45) is 10.8 Å². The number of esters is 1. The molecule has 1 aliphatic heterocycles. The second-order valence-electron chi connectivity index (χ2n) is 5.87. The Hall–Kier alpha value is -1.06. The fourth-order valence-electron chi connectivity index (χ4n) is 3.08. The molecule has 4 nitrogen and oxygen atoms in total. The van der Waals surface area contributed by atoms with Crippen LogP contribution < -0.4 is 0 Å². The third-order valence-corrected chi connectivity index (χ3v) is 4.84. The van der Waals surface area contributed by atoms with Crippen LogP contribution in [0.1, 0.15) is 33.6 Å². The molecule has 2 bridgehead atoms. The zero-order valence-electron chi connectivity index (χ0n) is 10.6. The van der Waals surface area contributed by atoms with E-state index in [1.807, 2.05) is 20.8 Å². The lowest BCUT2D eigenvalue weighted by Gasteiger charge is -2.36. The molecule has 0 aromatic heterocycles. The van der Waals surface area contributed by atoms with Crippen molar-refractivity contribution in [1.29, 1.82) is 0 Å². The van der Waals surface area contributed by atoms with E-state index in [1.165, 1.54) is 4.90 Å². The average molecular weight is 225 g/mol. The molecule has 2 fully saturated rings. The first-order chi connectivity index (χ1) is 7.19. The first-order valence-corrected chi connectivity index (χ1v) is 5.64. The fraction of sp³-hybridized carbons (Fsp3) is 0.833. The van der Waals surface area contributed by atoms with Crippen molar-refractivity contribution in [3.05, 3.63) is 0 Å². The van der Waals surface area contributed by atoms with Gasteiger partial charge in [-0.15, -0.1) is 0 Å². The van der Waals surface area contributed by atoms with Crippen LogP contribution in [0.25, 0.3) is 0 Å². The van der Waals surface area contributed by atoms with Gasteiger partial charge in [0.05, 0.1) is 5.41 Å². The third kappa shape index (κ3) is 0.913. The van der Waals surface area contributed by atoms with E-state index in [1.54, 1.807) is 14.1 Å². The van der Waals surface area contributed by atoms with Crippen molar-refractivity contribution in [1.82, 2.24) is 4.90 Å². The van der Waals surface area contributed by atoms with Gasteiger partial charge in [0.25, 0.3) is 5.91 Å². The molecule has 4 heteroatoms. The maximum absolute atomic E-state index is 12.3. The summed E-state index contributed by atoms with van der Waals surface area (Å²) in [4.78, 5) is 25.7. The zero-order valence-corrected chi connectivity index (χ0v) is 10.6. The van der Waals surface area contributed by atoms with Gasteiger partial charge < -0.3 is 9.64 Å². The largest absolute Gasteiger partial charge is 0.448 e. The quantitative estimate of drug-likeness (QED) is 0.630. The Bertz CT molecular complexity index is 374. The highest BCUT2D eigenvalue weighted by Gasteiger charge is 2.75. The maximum Gasteiger partial charge on any atom is 0.313 e. The standard InChI is InChI=1S/C12H19NO3/c1-10(2)11(3)6-7-12(10,16-9(11)15)8(14)13(4)5/h6-7H2,1-5H3/t11-,12+/m1/s1. The molecule has 2 atom stereocenters. The van der Waals surface area contributed by atoms with Gasteiger partial charge in [0.2, 0.25) is 0 Å². The Balaban J connectivity index is 2.52. The van der Waals surface area contributed by atoms with Gasteiger partial charge in [0.15, 0.2) is 5.60 Å². The van der Waals surface area contributed by atoms with Gasteiger partial charge >= 0.3 is 5.97 Å². The Labute approximate surface area is 95.9 Å². The minimum Gasteiger partial charge on any atom is -0.448 e. The number of likely N-dealkylation sites (N-methyl/N-ethyl adjacent to an activating group) is 1. The van der Waals surface area contributed by atoms with Gasteiger partial charge in [-0.2, -0.15) is 0 Å². The van der Waals surface area contributed by atoms with E-state index in [4.69, 9.17) is 4.74 Å². The second-order valence-corrected chi connectivity index (χ2v) is 5.87. The van der Waals surface area contributed by atoms with Crippen LogP contribution in [0.2, 0.25) is 0 Å². The predicted octanol–water partition coefficient (Wildman–Crippen LogP) is 1.20. The van der Waals surface area contributed by atoms with E-state index in [9.17, 15) is 9.59 Å². The molecule has 1 saturated heterocycles. The summed E-state index contributed by atoms with van der Waals surface area (Å²) < 4.78 is 5.46. The highest BCUT2D eigenvalue weighted by atomic mass is 16.6. The molecular formula is C12H19NO3. The van der Waals surface area contributed by atoms with E-state index in [2.05, 4.69) is 0 Å². The normalized spacial score (nSPS) is 39.7. The number of fused-ring (bicyclic) bond motifs is 2. The highest BCUT2D eigenvalue weighted by molar-refractivity contribution is 5.96. The molecule has 2 aliphatic rings. The summed E-state index contributed by atoms with van der Waals surface area (Å²) in [5.41, 5.74) is -1.89. The lowest BCUT2D eigenvalue weighted by atomic mass is 9.66. The molecule has 1 aliphatic carbocycles. The third-order valence-electron chi connectivity index (χ3n) is 4.84. The van der Waals surface area contributed by atoms with Gasteiger partial charge in [-0.05, 0) is 19.8 Å². The van der Waals surface area contributed by atoms with Crippen molar-refractivity contribution in [3.63, 3.8) is 0 Å². The van der Waals surface area contributed by atoms with Crippen LogP contribution in [0.3, 0.4) is 0 Å². The fourth-order valence-corrected chi connectivity index (χ4v) is 3.08. The van der Waals surface area contributed by atoms with Gasteiger partial charge in [-0.25, -0.2) is 0 Å². The van der Waals surface area contributed by atoms with E-state index in [-0.39, 0.29) is 11.9 Å². The van der Waals surface area contributed by atoms with Crippen LogP contribution >= 0.6 is 0 Å². The van der Waals surface area contributed by atoms with Crippen LogP contribution in [0, 0.1) is 10.8 Å². The molecule has 90 valence electrons. The summed E-state index contributed by atoms with van der Waals surface area (Å²) in [5.74, 6) is -0.314. The molecule has 16 heavy (non-hydrogen) atoms. The predicted molar refractivity (Wildman–Crippen MR) is 58.6 cm³/mol. The lowest BCUT2D eigenvalue weighted by Crippen LogP contribution is -2.52. The summed E-state index contributed by atoms with van der Waals surface area (Å²) in [7, 11) is 3.41. The SMILES string of the molecule is CN(C)C(=O)[C@]12CC[C@](C)(C(=O)O1)C2(C)C. The maximum atomic E-state index is 12.3. The molecule has 1 amide bonds. The molecule has 1 saturated carbocycles. The minimum atomic E-state index is -0.942. The first kappa shape index (κ1) is 11.4. The lowest BCUT2D eigenvalue weighted by molar-refractivity contribution is -0.172.